The third-order valence-electron chi connectivity index (χ3n) is 16.1. The summed E-state index contributed by atoms with van der Waals surface area (Å²) in [4.78, 5) is 5.66. The van der Waals surface area contributed by atoms with E-state index in [1.807, 2.05) is 11.3 Å². The van der Waals surface area contributed by atoms with Crippen molar-refractivity contribution in [1.82, 2.24) is 0 Å². The van der Waals surface area contributed by atoms with E-state index in [0.717, 1.165) is 23.0 Å². The second-order valence-electron chi connectivity index (χ2n) is 21.6. The number of furan rings is 1. The Morgan fingerprint density at radius 2 is 1.32 bits per heavy atom. The van der Waals surface area contributed by atoms with Crippen molar-refractivity contribution in [2.75, 3.05) is 9.71 Å². The maximum Gasteiger partial charge on any atom is 0.329 e. The fraction of sp³-hybridized carbons (Fsp3) is 0.276. The van der Waals surface area contributed by atoms with Crippen LogP contribution in [0.2, 0.25) is 0 Å². The first-order valence-electron chi connectivity index (χ1n) is 23.2. The summed E-state index contributed by atoms with van der Waals surface area (Å²) >= 11 is 1.92. The second kappa shape index (κ2) is 12.5. The van der Waals surface area contributed by atoms with Gasteiger partial charge in [-0.05, 0) is 112 Å². The van der Waals surface area contributed by atoms with E-state index >= 15 is 0 Å². The van der Waals surface area contributed by atoms with Crippen molar-refractivity contribution in [3.05, 3.63) is 144 Å². The number of hydrogen-bond donors (Lipinski definition) is 0. The fourth-order valence-electron chi connectivity index (χ4n) is 12.6. The van der Waals surface area contributed by atoms with E-state index in [-0.39, 0.29) is 28.6 Å². The Morgan fingerprint density at radius 1 is 0.603 bits per heavy atom. The first-order valence-corrected chi connectivity index (χ1v) is 24.0. The van der Waals surface area contributed by atoms with Gasteiger partial charge in [-0.25, -0.2) is 0 Å². The number of rotatable bonds is 2. The molecule has 63 heavy (non-hydrogen) atoms. The van der Waals surface area contributed by atoms with Gasteiger partial charge >= 0.3 is 6.85 Å². The van der Waals surface area contributed by atoms with Gasteiger partial charge in [0.05, 0.1) is 17.1 Å². The molecule has 5 heteroatoms. The fourth-order valence-corrected chi connectivity index (χ4v) is 13.7. The van der Waals surface area contributed by atoms with Gasteiger partial charge in [-0.3, -0.25) is 0 Å². The first kappa shape index (κ1) is 37.8. The standard InChI is InChI=1S/C58H53BN2OS/c1-55(2,3)35-24-26-45(39(30-35)34-18-10-9-11-19-34)60-52-44(25-27-48-49(52)38-21-13-15-23-47(38)63-48)59-50-40(33-42-37-20-12-14-22-46(37)62-54(42)53(50)60)41-31-36(56(4,5)6)32-43-51(41)61(59)58(8)29-17-16-28-57(43,58)7/h9-15,18-27,30-33H,16-17,28-29H2,1-8H3. The summed E-state index contributed by atoms with van der Waals surface area (Å²) in [6.07, 6.45) is 4.85. The molecule has 0 bridgehead atoms. The SMILES string of the molecule is CC(C)(C)c1ccc(N2c3c4c(cc5c3oc3ccccc35)-c3cc(C(C)(C)C)cc5c3N(B4c3ccc4sc6ccccc6c4c32)C2(C)CCCCC52C)c(-c2ccccc2)c1. The molecule has 7 aromatic carbocycles. The summed E-state index contributed by atoms with van der Waals surface area (Å²) < 4.78 is 9.97. The minimum absolute atomic E-state index is 0.00955. The highest BCUT2D eigenvalue weighted by molar-refractivity contribution is 7.26. The molecule has 5 heterocycles. The maximum atomic E-state index is 7.34. The molecule has 0 saturated heterocycles. The molecular formula is C58H53BN2OS. The molecule has 3 aliphatic heterocycles. The third kappa shape index (κ3) is 4.87. The van der Waals surface area contributed by atoms with Crippen LogP contribution in [0.1, 0.15) is 97.8 Å². The van der Waals surface area contributed by atoms with Crippen molar-refractivity contribution in [2.24, 2.45) is 0 Å². The predicted molar refractivity (Wildman–Crippen MR) is 271 cm³/mol. The lowest BCUT2D eigenvalue weighted by Crippen LogP contribution is -2.70. The van der Waals surface area contributed by atoms with E-state index in [9.17, 15) is 0 Å². The lowest BCUT2D eigenvalue weighted by Gasteiger charge is -2.55. The third-order valence-corrected chi connectivity index (χ3v) is 17.2. The summed E-state index contributed by atoms with van der Waals surface area (Å²) in [5, 5.41) is 4.99. The van der Waals surface area contributed by atoms with Crippen LogP contribution < -0.4 is 20.6 Å². The molecule has 2 aromatic heterocycles. The largest absolute Gasteiger partial charge is 0.454 e. The highest BCUT2D eigenvalue weighted by Crippen LogP contribution is 2.64. The van der Waals surface area contributed by atoms with Crippen LogP contribution in [0.5, 0.6) is 0 Å². The molecule has 4 aliphatic rings. The van der Waals surface area contributed by atoms with Crippen LogP contribution in [-0.2, 0) is 16.2 Å². The van der Waals surface area contributed by atoms with Crippen LogP contribution in [0.4, 0.5) is 22.7 Å². The van der Waals surface area contributed by atoms with Gasteiger partial charge in [0, 0.05) is 58.7 Å². The molecule has 3 nitrogen and oxygen atoms in total. The van der Waals surface area contributed by atoms with Crippen LogP contribution >= 0.6 is 11.3 Å². The zero-order chi connectivity index (χ0) is 42.9. The van der Waals surface area contributed by atoms with Crippen LogP contribution in [0, 0.1) is 0 Å². The van der Waals surface area contributed by atoms with E-state index in [0.29, 0.717) is 0 Å². The second-order valence-corrected chi connectivity index (χ2v) is 22.7. The quantitative estimate of drug-likeness (QED) is 0.162. The average Bonchev–Trinajstić information content (AvgIpc) is 3.91. The summed E-state index contributed by atoms with van der Waals surface area (Å²) in [5.41, 5.74) is 19.0. The number of hydrogen-bond acceptors (Lipinski definition) is 4. The Bertz CT molecular complexity index is 3440. The lowest BCUT2D eigenvalue weighted by atomic mass is 9.42. The summed E-state index contributed by atoms with van der Waals surface area (Å²) in [5.74, 6) is 0. The molecule has 0 N–H and O–H groups in total. The van der Waals surface area contributed by atoms with E-state index in [4.69, 9.17) is 4.42 Å². The van der Waals surface area contributed by atoms with Crippen LogP contribution in [0.25, 0.3) is 64.4 Å². The van der Waals surface area contributed by atoms with Crippen molar-refractivity contribution in [3.63, 3.8) is 0 Å². The Labute approximate surface area is 375 Å². The van der Waals surface area contributed by atoms with Crippen LogP contribution in [0.15, 0.2) is 132 Å². The van der Waals surface area contributed by atoms with Crippen LogP contribution in [0.3, 0.4) is 0 Å². The van der Waals surface area contributed by atoms with Gasteiger partial charge in [0.1, 0.15) is 5.58 Å². The Kier molecular flexibility index (Phi) is 7.48. The molecule has 1 saturated carbocycles. The maximum absolute atomic E-state index is 7.34. The Balaban J connectivity index is 1.27. The molecule has 0 radical (unpaired) electrons. The van der Waals surface area contributed by atoms with E-state index in [2.05, 4.69) is 192 Å². The number of fused-ring (bicyclic) bond motifs is 15. The highest BCUT2D eigenvalue weighted by atomic mass is 32.1. The van der Waals surface area contributed by atoms with Gasteiger partial charge in [0.25, 0.3) is 0 Å². The number of anilines is 4. The van der Waals surface area contributed by atoms with Crippen molar-refractivity contribution in [3.8, 4) is 22.3 Å². The normalized spacial score (nSPS) is 20.2. The molecule has 0 spiro atoms. The van der Waals surface area contributed by atoms with Crippen LogP contribution in [-0.4, -0.2) is 12.4 Å². The molecule has 2 atom stereocenters. The molecule has 1 fully saturated rings. The topological polar surface area (TPSA) is 19.6 Å². The molecule has 1 aliphatic carbocycles. The predicted octanol–water partition coefficient (Wildman–Crippen LogP) is 15.2. The number of benzene rings is 7. The zero-order valence-electron chi connectivity index (χ0n) is 37.7. The monoisotopic (exact) mass is 836 g/mol. The minimum atomic E-state index is -0.101. The van der Waals surface area contributed by atoms with Gasteiger partial charge in [0.15, 0.2) is 5.58 Å². The van der Waals surface area contributed by atoms with E-state index in [1.165, 1.54) is 112 Å². The lowest BCUT2D eigenvalue weighted by molar-refractivity contribution is 0.199. The number of thiophene rings is 1. The van der Waals surface area contributed by atoms with Gasteiger partial charge in [0.2, 0.25) is 0 Å². The van der Waals surface area contributed by atoms with Gasteiger partial charge < -0.3 is 14.1 Å². The molecule has 310 valence electrons. The average molecular weight is 837 g/mol. The molecule has 2 unspecified atom stereocenters. The summed E-state index contributed by atoms with van der Waals surface area (Å²) in [6.45, 7) is 19.4. The summed E-state index contributed by atoms with van der Waals surface area (Å²) in [7, 11) is 0. The molecule has 0 amide bonds. The van der Waals surface area contributed by atoms with Crippen molar-refractivity contribution in [2.45, 2.75) is 103 Å². The zero-order valence-corrected chi connectivity index (χ0v) is 38.6. The Morgan fingerprint density at radius 3 is 2.11 bits per heavy atom. The number of nitrogens with zero attached hydrogens (tertiary/aromatic N) is 2. The molecular weight excluding hydrogens is 784 g/mol. The smallest absolute Gasteiger partial charge is 0.329 e. The number of para-hydroxylation sites is 1. The van der Waals surface area contributed by atoms with Crippen molar-refractivity contribution >= 4 is 94.0 Å². The Hall–Kier alpha value is -5.78. The van der Waals surface area contributed by atoms with E-state index in [1.54, 1.807) is 5.56 Å². The first-order chi connectivity index (χ1) is 30.3. The minimum Gasteiger partial charge on any atom is -0.454 e. The molecule has 9 aromatic rings. The molecule has 13 rings (SSSR count). The summed E-state index contributed by atoms with van der Waals surface area (Å²) in [6, 6.07) is 48.9. The van der Waals surface area contributed by atoms with E-state index < -0.39 is 0 Å². The van der Waals surface area contributed by atoms with Gasteiger partial charge in [-0.1, -0.05) is 146 Å². The van der Waals surface area contributed by atoms with Gasteiger partial charge in [-0.2, -0.15) is 0 Å². The van der Waals surface area contributed by atoms with Crippen molar-refractivity contribution in [1.29, 1.82) is 0 Å². The van der Waals surface area contributed by atoms with Crippen molar-refractivity contribution < 1.29 is 4.42 Å². The van der Waals surface area contributed by atoms with Gasteiger partial charge in [-0.15, -0.1) is 11.3 Å². The highest BCUT2D eigenvalue weighted by Gasteiger charge is 2.63.